The normalized spacial score (nSPS) is 17.9. The van der Waals surface area contributed by atoms with Crippen molar-refractivity contribution in [2.75, 3.05) is 13.1 Å². The lowest BCUT2D eigenvalue weighted by molar-refractivity contribution is -0.385. The predicted octanol–water partition coefficient (Wildman–Crippen LogP) is 3.23. The molecule has 0 spiro atoms. The number of likely N-dealkylation sites (tertiary alicyclic amines) is 1. The van der Waals surface area contributed by atoms with Crippen LogP contribution in [-0.2, 0) is 0 Å². The Morgan fingerprint density at radius 3 is 2.75 bits per heavy atom. The van der Waals surface area contributed by atoms with Gasteiger partial charge in [-0.1, -0.05) is 6.07 Å². The largest absolute Gasteiger partial charge is 0.333 e. The maximum atomic E-state index is 13.3. The molecule has 0 N–H and O–H groups in total. The van der Waals surface area contributed by atoms with Crippen LogP contribution in [0.25, 0.3) is 0 Å². The van der Waals surface area contributed by atoms with E-state index >= 15 is 0 Å². The zero-order chi connectivity index (χ0) is 14.9. The highest BCUT2D eigenvalue weighted by Crippen LogP contribution is 2.32. The minimum absolute atomic E-state index is 0.0175. The number of nitro groups is 1. The second kappa shape index (κ2) is 5.43. The van der Waals surface area contributed by atoms with Crippen molar-refractivity contribution in [3.63, 3.8) is 0 Å². The maximum Gasteiger partial charge on any atom is 0.284 e. The van der Waals surface area contributed by atoms with Gasteiger partial charge < -0.3 is 4.90 Å². The Labute approximate surface area is 121 Å². The second-order valence-corrected chi connectivity index (χ2v) is 5.38. The van der Waals surface area contributed by atoms with E-state index in [4.69, 9.17) is 0 Å². The molecule has 5 nitrogen and oxygen atoms in total. The third-order valence-electron chi connectivity index (χ3n) is 3.09. The van der Waals surface area contributed by atoms with Crippen molar-refractivity contribution in [1.82, 2.24) is 4.90 Å². The Hall–Kier alpha value is -1.57. The van der Waals surface area contributed by atoms with Crippen molar-refractivity contribution in [3.05, 3.63) is 38.3 Å². The summed E-state index contributed by atoms with van der Waals surface area (Å²) in [6, 6.07) is 3.98. The molecule has 1 aliphatic rings. The van der Waals surface area contributed by atoms with Crippen LogP contribution in [0.4, 0.5) is 14.5 Å². The fraction of sp³-hybridized carbons (Fsp3) is 0.417. The van der Waals surface area contributed by atoms with Crippen LogP contribution in [-0.4, -0.2) is 34.7 Å². The van der Waals surface area contributed by atoms with Gasteiger partial charge in [0.15, 0.2) is 0 Å². The Kier molecular flexibility index (Phi) is 4.03. The van der Waals surface area contributed by atoms with Gasteiger partial charge in [-0.15, -0.1) is 0 Å². The number of amides is 1. The van der Waals surface area contributed by atoms with Crippen LogP contribution in [0.15, 0.2) is 22.7 Å². The van der Waals surface area contributed by atoms with Crippen molar-refractivity contribution in [1.29, 1.82) is 0 Å². The molecule has 0 unspecified atom stereocenters. The summed E-state index contributed by atoms with van der Waals surface area (Å²) in [5.74, 6) is -3.53. The Balaban J connectivity index is 2.30. The first kappa shape index (κ1) is 14.8. The molecule has 0 radical (unpaired) electrons. The molecular formula is C12H11BrF2N2O3. The quantitative estimate of drug-likeness (QED) is 0.608. The Bertz CT molecular complexity index is 566. The van der Waals surface area contributed by atoms with Gasteiger partial charge >= 0.3 is 0 Å². The zero-order valence-corrected chi connectivity index (χ0v) is 11.9. The molecule has 1 fully saturated rings. The fourth-order valence-electron chi connectivity index (χ4n) is 2.14. The SMILES string of the molecule is O=C(c1cccc([N+](=O)[O-])c1Br)N1CCCC(F)(F)C1. The van der Waals surface area contributed by atoms with Gasteiger partial charge in [0.2, 0.25) is 0 Å². The van der Waals surface area contributed by atoms with Crippen LogP contribution in [0.3, 0.4) is 0 Å². The van der Waals surface area contributed by atoms with Crippen molar-refractivity contribution in [2.24, 2.45) is 0 Å². The minimum atomic E-state index is -2.90. The zero-order valence-electron chi connectivity index (χ0n) is 10.3. The molecule has 0 saturated carbocycles. The van der Waals surface area contributed by atoms with Crippen molar-refractivity contribution in [3.8, 4) is 0 Å². The summed E-state index contributed by atoms with van der Waals surface area (Å²) in [5, 5.41) is 10.8. The number of piperidine rings is 1. The van der Waals surface area contributed by atoms with Gasteiger partial charge in [0.05, 0.1) is 17.0 Å². The van der Waals surface area contributed by atoms with Crippen LogP contribution in [0, 0.1) is 10.1 Å². The first-order valence-electron chi connectivity index (χ1n) is 5.92. The molecule has 1 aliphatic heterocycles. The first-order valence-corrected chi connectivity index (χ1v) is 6.71. The number of alkyl halides is 2. The maximum absolute atomic E-state index is 13.3. The number of hydrogen-bond donors (Lipinski definition) is 0. The van der Waals surface area contributed by atoms with Gasteiger partial charge in [0.25, 0.3) is 17.5 Å². The van der Waals surface area contributed by atoms with E-state index in [9.17, 15) is 23.7 Å². The summed E-state index contributed by atoms with van der Waals surface area (Å²) in [6.07, 6.45) is -0.0296. The third-order valence-corrected chi connectivity index (χ3v) is 3.92. The highest BCUT2D eigenvalue weighted by molar-refractivity contribution is 9.10. The summed E-state index contributed by atoms with van der Waals surface area (Å²) in [5.41, 5.74) is -0.239. The molecule has 0 bridgehead atoms. The smallest absolute Gasteiger partial charge is 0.284 e. The predicted molar refractivity (Wildman–Crippen MR) is 70.9 cm³/mol. The molecule has 1 aromatic carbocycles. The van der Waals surface area contributed by atoms with E-state index in [2.05, 4.69) is 15.9 Å². The average molecular weight is 349 g/mol. The van der Waals surface area contributed by atoms with Gasteiger partial charge in [-0.25, -0.2) is 8.78 Å². The molecule has 8 heteroatoms. The number of carbonyl (C=O) groups excluding carboxylic acids is 1. The highest BCUT2D eigenvalue weighted by atomic mass is 79.9. The topological polar surface area (TPSA) is 63.4 Å². The number of nitro benzene ring substituents is 1. The molecule has 1 saturated heterocycles. The number of hydrogen-bond acceptors (Lipinski definition) is 3. The second-order valence-electron chi connectivity index (χ2n) is 4.58. The molecule has 1 heterocycles. The molecule has 0 atom stereocenters. The van der Waals surface area contributed by atoms with Crippen molar-refractivity contribution in [2.45, 2.75) is 18.8 Å². The van der Waals surface area contributed by atoms with Crippen LogP contribution in [0.1, 0.15) is 23.2 Å². The van der Waals surface area contributed by atoms with Crippen molar-refractivity contribution < 1.29 is 18.5 Å². The number of nitrogens with zero attached hydrogens (tertiary/aromatic N) is 2. The lowest BCUT2D eigenvalue weighted by Crippen LogP contribution is -2.45. The summed E-state index contributed by atoms with van der Waals surface area (Å²) in [4.78, 5) is 23.4. The standard InChI is InChI=1S/C12H11BrF2N2O3/c13-10-8(3-1-4-9(10)17(19)20)11(18)16-6-2-5-12(14,15)7-16/h1,3-4H,2,5-7H2. The van der Waals surface area contributed by atoms with Crippen LogP contribution in [0.2, 0.25) is 0 Å². The minimum Gasteiger partial charge on any atom is -0.333 e. The molecule has 0 aromatic heterocycles. The molecule has 1 aromatic rings. The summed E-state index contributed by atoms with van der Waals surface area (Å²) in [6.45, 7) is -0.426. The van der Waals surface area contributed by atoms with Crippen LogP contribution < -0.4 is 0 Å². The molecular weight excluding hydrogens is 338 g/mol. The highest BCUT2D eigenvalue weighted by Gasteiger charge is 2.38. The fourth-order valence-corrected chi connectivity index (χ4v) is 2.71. The van der Waals surface area contributed by atoms with Gasteiger partial charge in [0.1, 0.15) is 4.47 Å². The van der Waals surface area contributed by atoms with Gasteiger partial charge in [-0.05, 0) is 28.4 Å². The van der Waals surface area contributed by atoms with E-state index < -0.39 is 23.3 Å². The Morgan fingerprint density at radius 2 is 2.15 bits per heavy atom. The average Bonchev–Trinajstić information content (AvgIpc) is 2.36. The van der Waals surface area contributed by atoms with Crippen LogP contribution in [0.5, 0.6) is 0 Å². The van der Waals surface area contributed by atoms with E-state index in [0.717, 1.165) is 4.90 Å². The molecule has 0 aliphatic carbocycles. The lowest BCUT2D eigenvalue weighted by Gasteiger charge is -2.32. The van der Waals surface area contributed by atoms with E-state index in [1.165, 1.54) is 18.2 Å². The van der Waals surface area contributed by atoms with Gasteiger partial charge in [-0.3, -0.25) is 14.9 Å². The van der Waals surface area contributed by atoms with Gasteiger partial charge in [-0.2, -0.15) is 0 Å². The van der Waals surface area contributed by atoms with E-state index in [1.807, 2.05) is 0 Å². The van der Waals surface area contributed by atoms with E-state index in [1.54, 1.807) is 0 Å². The summed E-state index contributed by atoms with van der Waals surface area (Å²) >= 11 is 3.00. The first-order chi connectivity index (χ1) is 9.32. The van der Waals surface area contributed by atoms with Gasteiger partial charge in [0, 0.05) is 19.0 Å². The van der Waals surface area contributed by atoms with E-state index in [-0.39, 0.29) is 35.1 Å². The molecule has 1 amide bonds. The molecule has 2 rings (SSSR count). The lowest BCUT2D eigenvalue weighted by atomic mass is 10.1. The number of halogens is 3. The third kappa shape index (κ3) is 2.95. The number of rotatable bonds is 2. The summed E-state index contributed by atoms with van der Waals surface area (Å²) in [7, 11) is 0. The Morgan fingerprint density at radius 1 is 1.45 bits per heavy atom. The molecule has 108 valence electrons. The number of benzene rings is 1. The monoisotopic (exact) mass is 348 g/mol. The van der Waals surface area contributed by atoms with Crippen molar-refractivity contribution >= 4 is 27.5 Å². The molecule has 20 heavy (non-hydrogen) atoms. The van der Waals surface area contributed by atoms with Crippen LogP contribution >= 0.6 is 15.9 Å². The number of carbonyl (C=O) groups is 1. The summed E-state index contributed by atoms with van der Waals surface area (Å²) < 4.78 is 26.7. The van der Waals surface area contributed by atoms with E-state index in [0.29, 0.717) is 0 Å².